The van der Waals surface area contributed by atoms with Crippen LogP contribution in [-0.2, 0) is 7.05 Å². The van der Waals surface area contributed by atoms with Crippen molar-refractivity contribution in [3.8, 4) is 11.3 Å². The molecule has 1 aromatic carbocycles. The molecule has 0 bridgehead atoms. The number of rotatable bonds is 1. The van der Waals surface area contributed by atoms with Crippen molar-refractivity contribution in [2.24, 2.45) is 7.05 Å². The van der Waals surface area contributed by atoms with Crippen molar-refractivity contribution >= 4 is 10.9 Å². The maximum atomic E-state index is 4.43. The first-order valence-electron chi connectivity index (χ1n) is 5.59. The van der Waals surface area contributed by atoms with Crippen LogP contribution < -0.4 is 0 Å². The van der Waals surface area contributed by atoms with Crippen molar-refractivity contribution in [3.63, 3.8) is 0 Å². The molecule has 3 aromatic rings. The van der Waals surface area contributed by atoms with Gasteiger partial charge in [0.2, 0.25) is 0 Å². The first-order valence-corrected chi connectivity index (χ1v) is 5.59. The Morgan fingerprint density at radius 1 is 1.06 bits per heavy atom. The van der Waals surface area contributed by atoms with Crippen LogP contribution in [0.3, 0.4) is 0 Å². The van der Waals surface area contributed by atoms with E-state index in [4.69, 9.17) is 0 Å². The number of pyridine rings is 1. The topological polar surface area (TPSA) is 30.7 Å². The fourth-order valence-electron chi connectivity index (χ4n) is 1.96. The van der Waals surface area contributed by atoms with E-state index in [1.165, 1.54) is 5.56 Å². The van der Waals surface area contributed by atoms with Crippen LogP contribution >= 0.6 is 0 Å². The summed E-state index contributed by atoms with van der Waals surface area (Å²) >= 11 is 0. The molecule has 84 valence electrons. The monoisotopic (exact) mass is 223 g/mol. The lowest BCUT2D eigenvalue weighted by Crippen LogP contribution is -1.88. The molecular weight excluding hydrogens is 210 g/mol. The SMILES string of the molecule is Cc1ccc(-c2ccc3c(cnn3C)c2)nc1. The zero-order chi connectivity index (χ0) is 11.8. The fourth-order valence-corrected chi connectivity index (χ4v) is 1.96. The highest BCUT2D eigenvalue weighted by atomic mass is 15.2. The molecule has 3 nitrogen and oxygen atoms in total. The molecule has 0 saturated carbocycles. The summed E-state index contributed by atoms with van der Waals surface area (Å²) in [7, 11) is 1.95. The van der Waals surface area contributed by atoms with Crippen LogP contribution in [0, 0.1) is 6.92 Å². The molecule has 0 radical (unpaired) electrons. The molecule has 2 aromatic heterocycles. The molecule has 0 aliphatic heterocycles. The van der Waals surface area contributed by atoms with Crippen molar-refractivity contribution in [3.05, 3.63) is 48.3 Å². The lowest BCUT2D eigenvalue weighted by molar-refractivity contribution is 0.797. The first kappa shape index (κ1) is 10.0. The normalized spacial score (nSPS) is 10.9. The van der Waals surface area contributed by atoms with Crippen LogP contribution in [0.2, 0.25) is 0 Å². The number of fused-ring (bicyclic) bond motifs is 1. The lowest BCUT2D eigenvalue weighted by Gasteiger charge is -2.02. The molecule has 2 heterocycles. The van der Waals surface area contributed by atoms with E-state index in [0.29, 0.717) is 0 Å². The zero-order valence-corrected chi connectivity index (χ0v) is 9.88. The Morgan fingerprint density at radius 3 is 2.71 bits per heavy atom. The van der Waals surface area contributed by atoms with Gasteiger partial charge in [0.1, 0.15) is 0 Å². The molecule has 0 saturated heterocycles. The van der Waals surface area contributed by atoms with Gasteiger partial charge >= 0.3 is 0 Å². The summed E-state index contributed by atoms with van der Waals surface area (Å²) in [5.74, 6) is 0. The second-order valence-corrected chi connectivity index (χ2v) is 4.26. The summed E-state index contributed by atoms with van der Waals surface area (Å²) in [5, 5.41) is 5.39. The Hall–Kier alpha value is -2.16. The predicted molar refractivity (Wildman–Crippen MR) is 68.7 cm³/mol. The summed E-state index contributed by atoms with van der Waals surface area (Å²) in [5.41, 5.74) is 4.45. The first-order chi connectivity index (χ1) is 8.24. The molecule has 0 aliphatic carbocycles. The van der Waals surface area contributed by atoms with E-state index in [1.807, 2.05) is 37.1 Å². The second-order valence-electron chi connectivity index (χ2n) is 4.26. The van der Waals surface area contributed by atoms with Crippen molar-refractivity contribution in [1.82, 2.24) is 14.8 Å². The summed E-state index contributed by atoms with van der Waals surface area (Å²) in [6.07, 6.45) is 3.77. The Balaban J connectivity index is 2.14. The molecule has 0 fully saturated rings. The third-order valence-corrected chi connectivity index (χ3v) is 2.95. The highest BCUT2D eigenvalue weighted by Crippen LogP contribution is 2.22. The van der Waals surface area contributed by atoms with Gasteiger partial charge in [-0.3, -0.25) is 9.67 Å². The van der Waals surface area contributed by atoms with E-state index in [-0.39, 0.29) is 0 Å². The van der Waals surface area contributed by atoms with Crippen molar-refractivity contribution < 1.29 is 0 Å². The molecule has 3 heteroatoms. The van der Waals surface area contributed by atoms with Gasteiger partial charge in [0.15, 0.2) is 0 Å². The van der Waals surface area contributed by atoms with Crippen molar-refractivity contribution in [2.45, 2.75) is 6.92 Å². The van der Waals surface area contributed by atoms with E-state index in [0.717, 1.165) is 22.2 Å². The van der Waals surface area contributed by atoms with E-state index < -0.39 is 0 Å². The van der Waals surface area contributed by atoms with Gasteiger partial charge in [0.25, 0.3) is 0 Å². The molecule has 0 unspecified atom stereocenters. The summed E-state index contributed by atoms with van der Waals surface area (Å²) in [4.78, 5) is 4.43. The van der Waals surface area contributed by atoms with Gasteiger partial charge in [0, 0.05) is 24.2 Å². The van der Waals surface area contributed by atoms with Gasteiger partial charge in [-0.2, -0.15) is 5.10 Å². The number of aromatic nitrogens is 3. The van der Waals surface area contributed by atoms with Crippen LogP contribution in [0.25, 0.3) is 22.2 Å². The quantitative estimate of drug-likeness (QED) is 0.635. The summed E-state index contributed by atoms with van der Waals surface area (Å²) < 4.78 is 1.88. The van der Waals surface area contributed by atoms with E-state index in [2.05, 4.69) is 34.3 Å². The minimum atomic E-state index is 1.00. The average molecular weight is 223 g/mol. The second kappa shape index (κ2) is 3.70. The largest absolute Gasteiger partial charge is 0.268 e. The third kappa shape index (κ3) is 1.69. The molecular formula is C14H13N3. The van der Waals surface area contributed by atoms with Crippen LogP contribution in [0.5, 0.6) is 0 Å². The smallest absolute Gasteiger partial charge is 0.0702 e. The van der Waals surface area contributed by atoms with Gasteiger partial charge in [-0.05, 0) is 30.7 Å². The molecule has 0 spiro atoms. The third-order valence-electron chi connectivity index (χ3n) is 2.95. The van der Waals surface area contributed by atoms with Gasteiger partial charge in [-0.1, -0.05) is 12.1 Å². The minimum Gasteiger partial charge on any atom is -0.268 e. The van der Waals surface area contributed by atoms with Gasteiger partial charge in [-0.15, -0.1) is 0 Å². The summed E-state index contributed by atoms with van der Waals surface area (Å²) in [6.45, 7) is 2.04. The Labute approximate surface area is 99.7 Å². The number of benzene rings is 1. The number of nitrogens with zero attached hydrogens (tertiary/aromatic N) is 3. The molecule has 3 rings (SSSR count). The number of aryl methyl sites for hydroxylation is 2. The molecule has 0 N–H and O–H groups in total. The Kier molecular flexibility index (Phi) is 2.18. The van der Waals surface area contributed by atoms with E-state index in [1.54, 1.807) is 0 Å². The number of hydrogen-bond acceptors (Lipinski definition) is 2. The Bertz CT molecular complexity index is 666. The lowest BCUT2D eigenvalue weighted by atomic mass is 10.1. The van der Waals surface area contributed by atoms with Crippen molar-refractivity contribution in [1.29, 1.82) is 0 Å². The molecule has 0 aliphatic rings. The highest BCUT2D eigenvalue weighted by Gasteiger charge is 2.03. The van der Waals surface area contributed by atoms with Gasteiger partial charge in [-0.25, -0.2) is 0 Å². The minimum absolute atomic E-state index is 1.00. The van der Waals surface area contributed by atoms with Crippen LogP contribution in [0.4, 0.5) is 0 Å². The van der Waals surface area contributed by atoms with E-state index >= 15 is 0 Å². The molecule has 0 atom stereocenters. The van der Waals surface area contributed by atoms with Crippen LogP contribution in [0.15, 0.2) is 42.7 Å². The van der Waals surface area contributed by atoms with Crippen molar-refractivity contribution in [2.75, 3.05) is 0 Å². The molecule has 0 amide bonds. The maximum Gasteiger partial charge on any atom is 0.0702 e. The van der Waals surface area contributed by atoms with E-state index in [9.17, 15) is 0 Å². The molecule has 17 heavy (non-hydrogen) atoms. The van der Waals surface area contributed by atoms with Crippen LogP contribution in [-0.4, -0.2) is 14.8 Å². The van der Waals surface area contributed by atoms with Crippen LogP contribution in [0.1, 0.15) is 5.56 Å². The fraction of sp³-hybridized carbons (Fsp3) is 0.143. The summed E-state index contributed by atoms with van der Waals surface area (Å²) in [6, 6.07) is 10.4. The highest BCUT2D eigenvalue weighted by molar-refractivity contribution is 5.83. The predicted octanol–water partition coefficient (Wildman–Crippen LogP) is 2.94. The number of hydrogen-bond donors (Lipinski definition) is 0. The average Bonchev–Trinajstić information content (AvgIpc) is 2.72. The van der Waals surface area contributed by atoms with Gasteiger partial charge in [0.05, 0.1) is 17.4 Å². The van der Waals surface area contributed by atoms with Gasteiger partial charge < -0.3 is 0 Å². The Morgan fingerprint density at radius 2 is 1.94 bits per heavy atom. The zero-order valence-electron chi connectivity index (χ0n) is 9.88. The maximum absolute atomic E-state index is 4.43. The standard InChI is InChI=1S/C14H13N3/c1-10-3-5-13(15-8-10)11-4-6-14-12(7-11)9-16-17(14)2/h3-9H,1-2H3.